The lowest BCUT2D eigenvalue weighted by Crippen LogP contribution is -2.28. The second-order valence-corrected chi connectivity index (χ2v) is 4.40. The molecule has 2 atom stereocenters. The first kappa shape index (κ1) is 11.4. The highest BCUT2D eigenvalue weighted by atomic mass is 19.4. The van der Waals surface area contributed by atoms with Crippen LogP contribution in [0.15, 0.2) is 6.33 Å². The molecule has 0 amide bonds. The number of hydrogen-bond acceptors (Lipinski definition) is 2. The molecule has 0 N–H and O–H groups in total. The third-order valence-electron chi connectivity index (χ3n) is 3.25. The van der Waals surface area contributed by atoms with Crippen LogP contribution in [0, 0.1) is 5.92 Å². The average molecular weight is 233 g/mol. The minimum absolute atomic E-state index is 0.104. The fourth-order valence-electron chi connectivity index (χ4n) is 2.38. The zero-order valence-electron chi connectivity index (χ0n) is 9.04. The SMILES string of the molecule is Cn1cnnc1C1CCCC(C(F)(F)F)C1. The third-order valence-corrected chi connectivity index (χ3v) is 3.25. The highest BCUT2D eigenvalue weighted by Gasteiger charge is 2.43. The van der Waals surface area contributed by atoms with Crippen molar-refractivity contribution in [1.82, 2.24) is 14.8 Å². The minimum atomic E-state index is -4.07. The summed E-state index contributed by atoms with van der Waals surface area (Å²) in [5.74, 6) is -0.607. The minimum Gasteiger partial charge on any atom is -0.320 e. The van der Waals surface area contributed by atoms with Crippen LogP contribution in [0.1, 0.15) is 37.4 Å². The monoisotopic (exact) mass is 233 g/mol. The van der Waals surface area contributed by atoms with E-state index in [1.165, 1.54) is 6.33 Å². The van der Waals surface area contributed by atoms with E-state index >= 15 is 0 Å². The first-order chi connectivity index (χ1) is 7.48. The van der Waals surface area contributed by atoms with Gasteiger partial charge in [-0.15, -0.1) is 10.2 Å². The van der Waals surface area contributed by atoms with Crippen molar-refractivity contribution in [3.05, 3.63) is 12.2 Å². The topological polar surface area (TPSA) is 30.7 Å². The molecule has 2 unspecified atom stereocenters. The molecule has 2 rings (SSSR count). The van der Waals surface area contributed by atoms with Gasteiger partial charge in [0.05, 0.1) is 5.92 Å². The summed E-state index contributed by atoms with van der Waals surface area (Å²) < 4.78 is 39.6. The number of aromatic nitrogens is 3. The van der Waals surface area contributed by atoms with Crippen LogP contribution in [0.4, 0.5) is 13.2 Å². The fraction of sp³-hybridized carbons (Fsp3) is 0.800. The number of aryl methyl sites for hydroxylation is 1. The van der Waals surface area contributed by atoms with Crippen molar-refractivity contribution in [2.45, 2.75) is 37.8 Å². The second kappa shape index (κ2) is 4.07. The summed E-state index contributed by atoms with van der Waals surface area (Å²) in [6.07, 6.45) is -0.751. The Morgan fingerprint density at radius 2 is 2.12 bits per heavy atom. The summed E-state index contributed by atoms with van der Waals surface area (Å²) in [6.45, 7) is 0. The highest BCUT2D eigenvalue weighted by Crippen LogP contribution is 2.42. The molecule has 90 valence electrons. The Kier molecular flexibility index (Phi) is 2.90. The van der Waals surface area contributed by atoms with E-state index in [0.717, 1.165) is 6.42 Å². The van der Waals surface area contributed by atoms with Gasteiger partial charge in [-0.25, -0.2) is 0 Å². The molecule has 1 aromatic rings. The molecule has 1 aliphatic carbocycles. The van der Waals surface area contributed by atoms with Crippen molar-refractivity contribution in [3.63, 3.8) is 0 Å². The number of alkyl halides is 3. The Labute approximate surface area is 91.7 Å². The molecule has 0 aliphatic heterocycles. The van der Waals surface area contributed by atoms with E-state index in [1.54, 1.807) is 11.6 Å². The van der Waals surface area contributed by atoms with Gasteiger partial charge >= 0.3 is 6.18 Å². The Morgan fingerprint density at radius 3 is 2.69 bits per heavy atom. The molecule has 0 saturated heterocycles. The molecule has 0 spiro atoms. The Morgan fingerprint density at radius 1 is 1.38 bits per heavy atom. The van der Waals surface area contributed by atoms with E-state index in [9.17, 15) is 13.2 Å². The molecule has 1 saturated carbocycles. The molecule has 16 heavy (non-hydrogen) atoms. The van der Waals surface area contributed by atoms with E-state index in [-0.39, 0.29) is 18.8 Å². The van der Waals surface area contributed by atoms with Gasteiger partial charge in [-0.2, -0.15) is 13.2 Å². The maximum atomic E-state index is 12.6. The van der Waals surface area contributed by atoms with Crippen LogP contribution < -0.4 is 0 Å². The molecule has 1 aromatic heterocycles. The van der Waals surface area contributed by atoms with Crippen molar-refractivity contribution in [2.24, 2.45) is 13.0 Å². The van der Waals surface area contributed by atoms with Gasteiger partial charge in [-0.3, -0.25) is 0 Å². The maximum Gasteiger partial charge on any atom is 0.391 e. The first-order valence-corrected chi connectivity index (χ1v) is 5.39. The van der Waals surface area contributed by atoms with Crippen molar-refractivity contribution in [2.75, 3.05) is 0 Å². The van der Waals surface area contributed by atoms with Crippen molar-refractivity contribution < 1.29 is 13.2 Å². The molecule has 0 aromatic carbocycles. The zero-order chi connectivity index (χ0) is 11.8. The number of hydrogen-bond donors (Lipinski definition) is 0. The Hall–Kier alpha value is -1.07. The molecular formula is C10H14F3N3. The van der Waals surface area contributed by atoms with Gasteiger partial charge in [0.15, 0.2) is 0 Å². The summed E-state index contributed by atoms with van der Waals surface area (Å²) in [6, 6.07) is 0. The largest absolute Gasteiger partial charge is 0.391 e. The highest BCUT2D eigenvalue weighted by molar-refractivity contribution is 4.99. The molecule has 1 fully saturated rings. The summed E-state index contributed by atoms with van der Waals surface area (Å²) in [5, 5.41) is 7.62. The van der Waals surface area contributed by atoms with Gasteiger partial charge in [-0.1, -0.05) is 6.42 Å². The Balaban J connectivity index is 2.11. The van der Waals surface area contributed by atoms with E-state index in [1.807, 2.05) is 0 Å². The van der Waals surface area contributed by atoms with Crippen LogP contribution in [0.3, 0.4) is 0 Å². The van der Waals surface area contributed by atoms with E-state index in [4.69, 9.17) is 0 Å². The fourth-order valence-corrected chi connectivity index (χ4v) is 2.38. The van der Waals surface area contributed by atoms with Gasteiger partial charge in [0.25, 0.3) is 0 Å². The van der Waals surface area contributed by atoms with E-state index in [0.29, 0.717) is 12.2 Å². The number of rotatable bonds is 1. The normalized spacial score (nSPS) is 27.0. The van der Waals surface area contributed by atoms with Gasteiger partial charge in [0.1, 0.15) is 12.2 Å². The molecule has 6 heteroatoms. The maximum absolute atomic E-state index is 12.6. The van der Waals surface area contributed by atoms with Crippen LogP contribution in [0.5, 0.6) is 0 Å². The molecule has 1 aliphatic rings. The summed E-state index contributed by atoms with van der Waals surface area (Å²) in [4.78, 5) is 0. The molecule has 0 bridgehead atoms. The van der Waals surface area contributed by atoms with Crippen molar-refractivity contribution in [1.29, 1.82) is 0 Å². The molecule has 1 heterocycles. The van der Waals surface area contributed by atoms with Crippen LogP contribution in [-0.2, 0) is 7.05 Å². The lowest BCUT2D eigenvalue weighted by atomic mass is 9.80. The van der Waals surface area contributed by atoms with Gasteiger partial charge in [0.2, 0.25) is 0 Å². The molecule has 3 nitrogen and oxygen atoms in total. The molecular weight excluding hydrogens is 219 g/mol. The van der Waals surface area contributed by atoms with Gasteiger partial charge in [0, 0.05) is 13.0 Å². The standard InChI is InChI=1S/C10H14F3N3/c1-16-6-14-15-9(16)7-3-2-4-8(5-7)10(11,12)13/h6-8H,2-5H2,1H3. The average Bonchev–Trinajstić information content (AvgIpc) is 2.63. The van der Waals surface area contributed by atoms with Crippen molar-refractivity contribution in [3.8, 4) is 0 Å². The summed E-state index contributed by atoms with van der Waals surface area (Å²) in [5.41, 5.74) is 0. The second-order valence-electron chi connectivity index (χ2n) is 4.40. The quantitative estimate of drug-likeness (QED) is 0.746. The smallest absolute Gasteiger partial charge is 0.320 e. The predicted octanol–water partition coefficient (Wildman–Crippen LogP) is 2.65. The Bertz CT molecular complexity index is 358. The van der Waals surface area contributed by atoms with E-state index in [2.05, 4.69) is 10.2 Å². The van der Waals surface area contributed by atoms with Crippen LogP contribution >= 0.6 is 0 Å². The van der Waals surface area contributed by atoms with Gasteiger partial charge < -0.3 is 4.57 Å². The van der Waals surface area contributed by atoms with E-state index < -0.39 is 12.1 Å². The number of nitrogens with zero attached hydrogens (tertiary/aromatic N) is 3. The van der Waals surface area contributed by atoms with Crippen LogP contribution in [0.2, 0.25) is 0 Å². The molecule has 0 radical (unpaired) electrons. The predicted molar refractivity (Wildman–Crippen MR) is 51.8 cm³/mol. The first-order valence-electron chi connectivity index (χ1n) is 5.39. The van der Waals surface area contributed by atoms with Crippen LogP contribution in [0.25, 0.3) is 0 Å². The third kappa shape index (κ3) is 2.20. The summed E-state index contributed by atoms with van der Waals surface area (Å²) >= 11 is 0. The van der Waals surface area contributed by atoms with Crippen LogP contribution in [-0.4, -0.2) is 20.9 Å². The number of halogens is 3. The zero-order valence-corrected chi connectivity index (χ0v) is 9.04. The van der Waals surface area contributed by atoms with Gasteiger partial charge in [-0.05, 0) is 19.3 Å². The lowest BCUT2D eigenvalue weighted by Gasteiger charge is -2.29. The van der Waals surface area contributed by atoms with Crippen molar-refractivity contribution >= 4 is 0 Å². The lowest BCUT2D eigenvalue weighted by molar-refractivity contribution is -0.183. The summed E-state index contributed by atoms with van der Waals surface area (Å²) in [7, 11) is 1.77.